The summed E-state index contributed by atoms with van der Waals surface area (Å²) in [6, 6.07) is 5.79. The Labute approximate surface area is 112 Å². The number of nitrogens with zero attached hydrogens (tertiary/aromatic N) is 2. The number of aromatic amines is 1. The van der Waals surface area contributed by atoms with Crippen molar-refractivity contribution in [1.82, 2.24) is 14.9 Å². The Kier molecular flexibility index (Phi) is 3.27. The molecule has 18 heavy (non-hydrogen) atoms. The molecule has 1 atom stereocenters. The van der Waals surface area contributed by atoms with Gasteiger partial charge in [-0.15, -0.1) is 0 Å². The van der Waals surface area contributed by atoms with Gasteiger partial charge in [-0.1, -0.05) is 18.5 Å². The number of H-pyrrole nitrogens is 1. The van der Waals surface area contributed by atoms with Crippen molar-refractivity contribution in [3.63, 3.8) is 0 Å². The number of nitrogens with one attached hydrogen (secondary N) is 1. The van der Waals surface area contributed by atoms with Gasteiger partial charge in [-0.3, -0.25) is 4.90 Å². The van der Waals surface area contributed by atoms with E-state index in [1.807, 2.05) is 18.2 Å². The van der Waals surface area contributed by atoms with Crippen molar-refractivity contribution in [1.29, 1.82) is 0 Å². The second kappa shape index (κ2) is 4.90. The molecule has 0 bridgehead atoms. The van der Waals surface area contributed by atoms with Gasteiger partial charge in [0.25, 0.3) is 0 Å². The molecule has 1 saturated heterocycles. The first-order chi connectivity index (χ1) is 8.70. The van der Waals surface area contributed by atoms with Crippen molar-refractivity contribution >= 4 is 22.6 Å². The van der Waals surface area contributed by atoms with E-state index in [0.29, 0.717) is 0 Å². The summed E-state index contributed by atoms with van der Waals surface area (Å²) >= 11 is 5.98. The highest BCUT2D eigenvalue weighted by Gasteiger charge is 2.17. The van der Waals surface area contributed by atoms with E-state index in [2.05, 4.69) is 21.8 Å². The van der Waals surface area contributed by atoms with E-state index < -0.39 is 0 Å². The van der Waals surface area contributed by atoms with E-state index in [9.17, 15) is 0 Å². The molecule has 0 saturated carbocycles. The number of benzene rings is 1. The molecule has 2 heterocycles. The molecule has 0 radical (unpaired) electrons. The molecule has 3 rings (SSSR count). The van der Waals surface area contributed by atoms with Gasteiger partial charge in [-0.2, -0.15) is 0 Å². The minimum Gasteiger partial charge on any atom is -0.341 e. The van der Waals surface area contributed by atoms with Crippen LogP contribution < -0.4 is 0 Å². The molecule has 1 aromatic carbocycles. The molecule has 4 heteroatoms. The van der Waals surface area contributed by atoms with Gasteiger partial charge in [0, 0.05) is 11.6 Å². The number of likely N-dealkylation sites (tertiary alicyclic amines) is 1. The fraction of sp³-hybridized carbons (Fsp3) is 0.500. The van der Waals surface area contributed by atoms with Gasteiger partial charge < -0.3 is 4.98 Å². The normalized spacial score (nSPS) is 21.6. The highest BCUT2D eigenvalue weighted by molar-refractivity contribution is 6.31. The van der Waals surface area contributed by atoms with Crippen LogP contribution in [0.2, 0.25) is 5.02 Å². The number of rotatable bonds is 2. The lowest BCUT2D eigenvalue weighted by atomic mass is 10.0. The van der Waals surface area contributed by atoms with Gasteiger partial charge in [0.15, 0.2) is 0 Å². The first kappa shape index (κ1) is 12.0. The fourth-order valence-electron chi connectivity index (χ4n) is 2.75. The third-order valence-electron chi connectivity index (χ3n) is 3.61. The summed E-state index contributed by atoms with van der Waals surface area (Å²) in [5, 5.41) is 0.754. The second-order valence-electron chi connectivity index (χ2n) is 5.33. The van der Waals surface area contributed by atoms with Crippen LogP contribution in [0.15, 0.2) is 18.2 Å². The zero-order chi connectivity index (χ0) is 12.5. The zero-order valence-corrected chi connectivity index (χ0v) is 11.4. The van der Waals surface area contributed by atoms with Crippen LogP contribution in [-0.2, 0) is 6.54 Å². The summed E-state index contributed by atoms with van der Waals surface area (Å²) in [5.41, 5.74) is 2.03. The van der Waals surface area contributed by atoms with E-state index >= 15 is 0 Å². The SMILES string of the molecule is C[C@@H]1CCCN(Cc2nc3ccc(Cl)cc3[nH]2)C1. The van der Waals surface area contributed by atoms with Gasteiger partial charge in [0.1, 0.15) is 5.82 Å². The number of piperidine rings is 1. The predicted octanol–water partition coefficient (Wildman–Crippen LogP) is 3.45. The van der Waals surface area contributed by atoms with Crippen LogP contribution >= 0.6 is 11.6 Å². The Bertz CT molecular complexity index is 549. The predicted molar refractivity (Wildman–Crippen MR) is 74.8 cm³/mol. The monoisotopic (exact) mass is 263 g/mol. The van der Waals surface area contributed by atoms with Crippen LogP contribution in [0.1, 0.15) is 25.6 Å². The lowest BCUT2D eigenvalue weighted by Gasteiger charge is -2.29. The van der Waals surface area contributed by atoms with Crippen LogP contribution in [0.25, 0.3) is 11.0 Å². The largest absolute Gasteiger partial charge is 0.341 e. The first-order valence-electron chi connectivity index (χ1n) is 6.57. The zero-order valence-electron chi connectivity index (χ0n) is 10.6. The quantitative estimate of drug-likeness (QED) is 0.900. The van der Waals surface area contributed by atoms with Gasteiger partial charge in [0.05, 0.1) is 17.6 Å². The average Bonchev–Trinajstić information content (AvgIpc) is 2.70. The highest BCUT2D eigenvalue weighted by atomic mass is 35.5. The van der Waals surface area contributed by atoms with Crippen LogP contribution in [0.5, 0.6) is 0 Å². The number of hydrogen-bond donors (Lipinski definition) is 1. The van der Waals surface area contributed by atoms with Gasteiger partial charge in [-0.05, 0) is 43.5 Å². The topological polar surface area (TPSA) is 31.9 Å². The Morgan fingerprint density at radius 1 is 1.50 bits per heavy atom. The number of aromatic nitrogens is 2. The summed E-state index contributed by atoms with van der Waals surface area (Å²) < 4.78 is 0. The van der Waals surface area contributed by atoms with Crippen molar-refractivity contribution in [2.24, 2.45) is 5.92 Å². The third-order valence-corrected chi connectivity index (χ3v) is 3.84. The summed E-state index contributed by atoms with van der Waals surface area (Å²) in [4.78, 5) is 10.5. The minimum absolute atomic E-state index is 0.754. The molecule has 96 valence electrons. The summed E-state index contributed by atoms with van der Waals surface area (Å²) in [5.74, 6) is 1.85. The average molecular weight is 264 g/mol. The Morgan fingerprint density at radius 3 is 3.22 bits per heavy atom. The minimum atomic E-state index is 0.754. The molecule has 2 aromatic rings. The van der Waals surface area contributed by atoms with Crippen LogP contribution in [0.4, 0.5) is 0 Å². The van der Waals surface area contributed by atoms with E-state index in [4.69, 9.17) is 11.6 Å². The number of imidazole rings is 1. The lowest BCUT2D eigenvalue weighted by molar-refractivity contribution is 0.173. The van der Waals surface area contributed by atoms with E-state index in [-0.39, 0.29) is 0 Å². The van der Waals surface area contributed by atoms with Gasteiger partial charge in [0.2, 0.25) is 0 Å². The Hall–Kier alpha value is -1.06. The van der Waals surface area contributed by atoms with E-state index in [1.165, 1.54) is 25.9 Å². The van der Waals surface area contributed by atoms with Crippen molar-refractivity contribution in [2.75, 3.05) is 13.1 Å². The molecule has 1 aliphatic rings. The van der Waals surface area contributed by atoms with Gasteiger partial charge >= 0.3 is 0 Å². The highest BCUT2D eigenvalue weighted by Crippen LogP contribution is 2.20. The molecular formula is C14H18ClN3. The van der Waals surface area contributed by atoms with Crippen molar-refractivity contribution < 1.29 is 0 Å². The lowest BCUT2D eigenvalue weighted by Crippen LogP contribution is -2.34. The van der Waals surface area contributed by atoms with Crippen molar-refractivity contribution in [2.45, 2.75) is 26.3 Å². The van der Waals surface area contributed by atoms with Crippen molar-refractivity contribution in [3.8, 4) is 0 Å². The summed E-state index contributed by atoms with van der Waals surface area (Å²) in [6.07, 6.45) is 2.65. The summed E-state index contributed by atoms with van der Waals surface area (Å²) in [7, 11) is 0. The van der Waals surface area contributed by atoms with Crippen LogP contribution in [-0.4, -0.2) is 28.0 Å². The molecule has 1 aromatic heterocycles. The van der Waals surface area contributed by atoms with E-state index in [0.717, 1.165) is 34.3 Å². The Morgan fingerprint density at radius 2 is 2.39 bits per heavy atom. The standard InChI is InChI=1S/C14H18ClN3/c1-10-3-2-6-18(8-10)9-14-16-12-5-4-11(15)7-13(12)17-14/h4-5,7,10H,2-3,6,8-9H2,1H3,(H,16,17)/t10-/m1/s1. The first-order valence-corrected chi connectivity index (χ1v) is 6.95. The molecule has 1 aliphatic heterocycles. The smallest absolute Gasteiger partial charge is 0.121 e. The number of halogens is 1. The maximum absolute atomic E-state index is 5.98. The number of fused-ring (bicyclic) bond motifs is 1. The van der Waals surface area contributed by atoms with E-state index in [1.54, 1.807) is 0 Å². The van der Waals surface area contributed by atoms with Gasteiger partial charge in [-0.25, -0.2) is 4.98 Å². The maximum Gasteiger partial charge on any atom is 0.121 e. The second-order valence-corrected chi connectivity index (χ2v) is 5.76. The Balaban J connectivity index is 1.78. The van der Waals surface area contributed by atoms with Crippen molar-refractivity contribution in [3.05, 3.63) is 29.0 Å². The number of hydrogen-bond acceptors (Lipinski definition) is 2. The fourth-order valence-corrected chi connectivity index (χ4v) is 2.92. The molecule has 0 unspecified atom stereocenters. The molecule has 1 fully saturated rings. The van der Waals surface area contributed by atoms with Crippen LogP contribution in [0.3, 0.4) is 0 Å². The third kappa shape index (κ3) is 2.52. The molecular weight excluding hydrogens is 246 g/mol. The maximum atomic E-state index is 5.98. The molecule has 1 N–H and O–H groups in total. The van der Waals surface area contributed by atoms with Crippen LogP contribution in [0, 0.1) is 5.92 Å². The molecule has 0 amide bonds. The molecule has 0 aliphatic carbocycles. The summed E-state index contributed by atoms with van der Waals surface area (Å²) in [6.45, 7) is 5.60. The molecule has 3 nitrogen and oxygen atoms in total. The molecule has 0 spiro atoms.